The van der Waals surface area contributed by atoms with Gasteiger partial charge in [0.2, 0.25) is 0 Å². The van der Waals surface area contributed by atoms with E-state index in [4.69, 9.17) is 9.84 Å². The Kier molecular flexibility index (Phi) is 5.55. The highest BCUT2D eigenvalue weighted by molar-refractivity contribution is 5.93. The smallest absolute Gasteiger partial charge is 0.303 e. The molecule has 7 nitrogen and oxygen atoms in total. The quantitative estimate of drug-likeness (QED) is 0.829. The van der Waals surface area contributed by atoms with Crippen molar-refractivity contribution in [1.82, 2.24) is 15.1 Å². The molecule has 1 aliphatic rings. The molecule has 7 heteroatoms. The Balaban J connectivity index is 1.74. The number of aromatic nitrogens is 2. The molecule has 1 atom stereocenters. The number of H-pyrrole nitrogens is 1. The number of carbonyl (C=O) groups is 2. The van der Waals surface area contributed by atoms with E-state index in [1.165, 1.54) is 0 Å². The molecule has 1 amide bonds. The number of hydrogen-bond donors (Lipinski definition) is 2. The van der Waals surface area contributed by atoms with Crippen LogP contribution in [0, 0.1) is 0 Å². The first kappa shape index (κ1) is 18.0. The Labute approximate surface area is 152 Å². The molecular weight excluding hydrogens is 334 g/mol. The van der Waals surface area contributed by atoms with Crippen molar-refractivity contribution in [2.45, 2.75) is 38.1 Å². The summed E-state index contributed by atoms with van der Waals surface area (Å²) in [5.74, 6) is -0.186. The van der Waals surface area contributed by atoms with Crippen LogP contribution < -0.4 is 4.74 Å². The van der Waals surface area contributed by atoms with Crippen LogP contribution in [0.4, 0.5) is 0 Å². The Morgan fingerprint density at radius 2 is 2.08 bits per heavy atom. The predicted molar refractivity (Wildman–Crippen MR) is 96.1 cm³/mol. The summed E-state index contributed by atoms with van der Waals surface area (Å²) in [6, 6.07) is 9.18. The second-order valence-corrected chi connectivity index (χ2v) is 6.48. The van der Waals surface area contributed by atoms with Gasteiger partial charge in [0.15, 0.2) is 0 Å². The number of ether oxygens (including phenoxy) is 1. The number of carboxylic acid groups (broad SMARTS) is 1. The summed E-state index contributed by atoms with van der Waals surface area (Å²) in [6.07, 6.45) is 3.37. The average molecular weight is 357 g/mol. The van der Waals surface area contributed by atoms with Crippen LogP contribution in [0.5, 0.6) is 5.75 Å². The van der Waals surface area contributed by atoms with Gasteiger partial charge >= 0.3 is 5.97 Å². The van der Waals surface area contributed by atoms with Gasteiger partial charge in [-0.15, -0.1) is 0 Å². The summed E-state index contributed by atoms with van der Waals surface area (Å²) < 4.78 is 5.15. The lowest BCUT2D eigenvalue weighted by Crippen LogP contribution is -2.44. The monoisotopic (exact) mass is 357 g/mol. The van der Waals surface area contributed by atoms with E-state index in [1.807, 2.05) is 24.3 Å². The molecule has 1 fully saturated rings. The highest BCUT2D eigenvalue weighted by Crippen LogP contribution is 2.25. The fourth-order valence-electron chi connectivity index (χ4n) is 3.35. The topological polar surface area (TPSA) is 95.5 Å². The Bertz CT molecular complexity index is 769. The molecule has 138 valence electrons. The third-order valence-electron chi connectivity index (χ3n) is 4.77. The summed E-state index contributed by atoms with van der Waals surface area (Å²) in [5.41, 5.74) is 2.01. The van der Waals surface area contributed by atoms with Crippen molar-refractivity contribution in [2.24, 2.45) is 0 Å². The average Bonchev–Trinajstić information content (AvgIpc) is 3.16. The summed E-state index contributed by atoms with van der Waals surface area (Å²) in [4.78, 5) is 25.5. The highest BCUT2D eigenvalue weighted by Gasteiger charge is 2.28. The van der Waals surface area contributed by atoms with Crippen LogP contribution in [-0.4, -0.2) is 51.8 Å². The van der Waals surface area contributed by atoms with Crippen molar-refractivity contribution in [3.8, 4) is 17.0 Å². The zero-order valence-electron chi connectivity index (χ0n) is 14.8. The van der Waals surface area contributed by atoms with Crippen molar-refractivity contribution >= 4 is 11.9 Å². The molecule has 0 spiro atoms. The Hall–Kier alpha value is -2.83. The van der Waals surface area contributed by atoms with Gasteiger partial charge in [0.25, 0.3) is 5.91 Å². The number of nitrogens with zero attached hydrogens (tertiary/aromatic N) is 2. The number of carboxylic acids is 1. The van der Waals surface area contributed by atoms with E-state index < -0.39 is 5.97 Å². The highest BCUT2D eigenvalue weighted by atomic mass is 16.5. The second-order valence-electron chi connectivity index (χ2n) is 6.48. The lowest BCUT2D eigenvalue weighted by Gasteiger charge is -2.35. The van der Waals surface area contributed by atoms with E-state index >= 15 is 0 Å². The minimum atomic E-state index is -0.827. The molecule has 1 aliphatic heterocycles. The number of benzene rings is 1. The van der Waals surface area contributed by atoms with E-state index in [9.17, 15) is 9.59 Å². The van der Waals surface area contributed by atoms with E-state index in [-0.39, 0.29) is 18.4 Å². The van der Waals surface area contributed by atoms with Crippen LogP contribution in [0.2, 0.25) is 0 Å². The van der Waals surface area contributed by atoms with Crippen LogP contribution in [0.25, 0.3) is 11.3 Å². The minimum absolute atomic E-state index is 0.0277. The maximum absolute atomic E-state index is 12.9. The van der Waals surface area contributed by atoms with Gasteiger partial charge in [0.05, 0.1) is 12.8 Å². The number of amides is 1. The maximum Gasteiger partial charge on any atom is 0.303 e. The standard InChI is InChI=1S/C19H23N3O4/c1-26-15-8-5-13(6-9-15)16-12-17(21-20-16)19(25)22-11-3-2-4-14(22)7-10-18(23)24/h5-6,8-9,12,14H,2-4,7,10-11H2,1H3,(H,20,21)(H,23,24). The Morgan fingerprint density at radius 3 is 2.77 bits per heavy atom. The molecular formula is C19H23N3O4. The van der Waals surface area contributed by atoms with Crippen molar-refractivity contribution < 1.29 is 19.4 Å². The van der Waals surface area contributed by atoms with Crippen LogP contribution in [0.15, 0.2) is 30.3 Å². The third kappa shape index (κ3) is 4.04. The van der Waals surface area contributed by atoms with Crippen LogP contribution >= 0.6 is 0 Å². The summed E-state index contributed by atoms with van der Waals surface area (Å²) in [6.45, 7) is 0.653. The van der Waals surface area contributed by atoms with Gasteiger partial charge in [0.1, 0.15) is 11.4 Å². The maximum atomic E-state index is 12.9. The normalized spacial score (nSPS) is 17.1. The Morgan fingerprint density at radius 1 is 1.31 bits per heavy atom. The van der Waals surface area contributed by atoms with E-state index in [0.717, 1.165) is 30.6 Å². The largest absolute Gasteiger partial charge is 0.497 e. The number of piperidine rings is 1. The van der Waals surface area contributed by atoms with E-state index in [2.05, 4.69) is 10.2 Å². The van der Waals surface area contributed by atoms with Gasteiger partial charge in [-0.2, -0.15) is 5.10 Å². The molecule has 3 rings (SSSR count). The summed E-state index contributed by atoms with van der Waals surface area (Å²) >= 11 is 0. The number of rotatable bonds is 6. The number of hydrogen-bond acceptors (Lipinski definition) is 4. The molecule has 0 aliphatic carbocycles. The van der Waals surface area contributed by atoms with Crippen molar-refractivity contribution in [1.29, 1.82) is 0 Å². The van der Waals surface area contributed by atoms with Gasteiger partial charge in [0, 0.05) is 24.6 Å². The zero-order valence-corrected chi connectivity index (χ0v) is 14.8. The van der Waals surface area contributed by atoms with Crippen molar-refractivity contribution in [3.05, 3.63) is 36.0 Å². The molecule has 0 saturated carbocycles. The third-order valence-corrected chi connectivity index (χ3v) is 4.77. The zero-order chi connectivity index (χ0) is 18.5. The second kappa shape index (κ2) is 8.03. The van der Waals surface area contributed by atoms with Crippen LogP contribution in [-0.2, 0) is 4.79 Å². The van der Waals surface area contributed by atoms with Gasteiger partial charge in [-0.05, 0) is 56.0 Å². The SMILES string of the molecule is COc1ccc(-c2cc(C(=O)N3CCCCC3CCC(=O)O)[nH]n2)cc1. The van der Waals surface area contributed by atoms with Crippen LogP contribution in [0.3, 0.4) is 0 Å². The van der Waals surface area contributed by atoms with Crippen LogP contribution in [0.1, 0.15) is 42.6 Å². The number of aromatic amines is 1. The lowest BCUT2D eigenvalue weighted by molar-refractivity contribution is -0.137. The van der Waals surface area contributed by atoms with E-state index in [1.54, 1.807) is 18.1 Å². The molecule has 0 bridgehead atoms. The minimum Gasteiger partial charge on any atom is -0.497 e. The molecule has 1 aromatic carbocycles. The first-order chi connectivity index (χ1) is 12.6. The summed E-state index contributed by atoms with van der Waals surface area (Å²) in [7, 11) is 1.61. The van der Waals surface area contributed by atoms with Gasteiger partial charge in [-0.25, -0.2) is 0 Å². The first-order valence-corrected chi connectivity index (χ1v) is 8.81. The number of nitrogens with one attached hydrogen (secondary N) is 1. The molecule has 0 radical (unpaired) electrons. The fraction of sp³-hybridized carbons (Fsp3) is 0.421. The molecule has 2 heterocycles. The molecule has 26 heavy (non-hydrogen) atoms. The molecule has 1 unspecified atom stereocenters. The van der Waals surface area contributed by atoms with Crippen molar-refractivity contribution in [3.63, 3.8) is 0 Å². The number of likely N-dealkylation sites (tertiary alicyclic amines) is 1. The number of carbonyl (C=O) groups excluding carboxylic acids is 1. The molecule has 1 saturated heterocycles. The predicted octanol–water partition coefficient (Wildman–Crippen LogP) is 2.94. The molecule has 1 aromatic heterocycles. The van der Waals surface area contributed by atoms with E-state index in [0.29, 0.717) is 24.4 Å². The lowest BCUT2D eigenvalue weighted by atomic mass is 9.97. The molecule has 2 N–H and O–H groups in total. The van der Waals surface area contributed by atoms with Gasteiger partial charge in [-0.3, -0.25) is 14.7 Å². The fourth-order valence-corrected chi connectivity index (χ4v) is 3.35. The first-order valence-electron chi connectivity index (χ1n) is 8.81. The van der Waals surface area contributed by atoms with Gasteiger partial charge < -0.3 is 14.7 Å². The summed E-state index contributed by atoms with van der Waals surface area (Å²) in [5, 5.41) is 16.0. The number of aliphatic carboxylic acids is 1. The number of methoxy groups -OCH3 is 1. The molecule has 2 aromatic rings. The van der Waals surface area contributed by atoms with Crippen molar-refractivity contribution in [2.75, 3.05) is 13.7 Å². The van der Waals surface area contributed by atoms with Gasteiger partial charge in [-0.1, -0.05) is 0 Å².